The number of hydrogen-bond acceptors (Lipinski definition) is 4. The summed E-state index contributed by atoms with van der Waals surface area (Å²) in [6, 6.07) is 14.6. The Kier molecular flexibility index (Phi) is 7.68. The van der Waals surface area contributed by atoms with Gasteiger partial charge in [-0.3, -0.25) is 4.79 Å². The van der Waals surface area contributed by atoms with E-state index in [4.69, 9.17) is 9.47 Å². The zero-order chi connectivity index (χ0) is 18.8. The van der Waals surface area contributed by atoms with Gasteiger partial charge in [-0.05, 0) is 50.1 Å². The van der Waals surface area contributed by atoms with Crippen LogP contribution in [-0.4, -0.2) is 25.1 Å². The highest BCUT2D eigenvalue weighted by Gasteiger charge is 2.09. The minimum atomic E-state index is -0.380. The molecule has 5 heteroatoms. The average molecular weight is 355 g/mol. The van der Waals surface area contributed by atoms with Gasteiger partial charge in [0, 0.05) is 12.1 Å². The fraction of sp³-hybridized carbons (Fsp3) is 0.333. The number of esters is 1. The predicted octanol–water partition coefficient (Wildman–Crippen LogP) is 4.36. The van der Waals surface area contributed by atoms with Gasteiger partial charge in [0.2, 0.25) is 5.91 Å². The standard InChI is InChI=1S/C21H25NO4/c1-3-13-26-21(24)17-6-4-7-18(15-17)22-20(23)8-5-14-25-19-11-9-16(2)10-12-19/h4,6-7,9-12,15H,3,5,8,13-14H2,1-2H3,(H,22,23). The highest BCUT2D eigenvalue weighted by atomic mass is 16.5. The summed E-state index contributed by atoms with van der Waals surface area (Å²) in [6.07, 6.45) is 1.72. The van der Waals surface area contributed by atoms with Gasteiger partial charge in [0.15, 0.2) is 0 Å². The molecule has 0 aliphatic carbocycles. The van der Waals surface area contributed by atoms with Crippen molar-refractivity contribution in [3.63, 3.8) is 0 Å². The lowest BCUT2D eigenvalue weighted by molar-refractivity contribution is -0.116. The molecule has 5 nitrogen and oxygen atoms in total. The molecule has 26 heavy (non-hydrogen) atoms. The number of ether oxygens (including phenoxy) is 2. The van der Waals surface area contributed by atoms with Crippen molar-refractivity contribution in [2.75, 3.05) is 18.5 Å². The highest BCUT2D eigenvalue weighted by molar-refractivity contribution is 5.94. The van der Waals surface area contributed by atoms with Crippen LogP contribution in [0.25, 0.3) is 0 Å². The lowest BCUT2D eigenvalue weighted by Crippen LogP contribution is -2.13. The molecule has 2 aromatic rings. The van der Waals surface area contributed by atoms with E-state index < -0.39 is 0 Å². The summed E-state index contributed by atoms with van der Waals surface area (Å²) in [6.45, 7) is 4.81. The molecule has 138 valence electrons. The van der Waals surface area contributed by atoms with Crippen LogP contribution in [0.1, 0.15) is 42.1 Å². The number of amides is 1. The van der Waals surface area contributed by atoms with E-state index >= 15 is 0 Å². The molecule has 2 aromatic carbocycles. The molecule has 0 bridgehead atoms. The van der Waals surface area contributed by atoms with Gasteiger partial charge in [-0.25, -0.2) is 4.79 Å². The molecule has 1 amide bonds. The summed E-state index contributed by atoms with van der Waals surface area (Å²) in [5, 5.41) is 2.80. The fourth-order valence-electron chi connectivity index (χ4n) is 2.28. The molecule has 0 saturated heterocycles. The van der Waals surface area contributed by atoms with Crippen molar-refractivity contribution < 1.29 is 19.1 Å². The van der Waals surface area contributed by atoms with Gasteiger partial charge in [-0.1, -0.05) is 30.7 Å². The summed E-state index contributed by atoms with van der Waals surface area (Å²) in [5.41, 5.74) is 2.19. The molecule has 1 N–H and O–H groups in total. The molecular weight excluding hydrogens is 330 g/mol. The Balaban J connectivity index is 1.75. The van der Waals surface area contributed by atoms with Gasteiger partial charge < -0.3 is 14.8 Å². The second-order valence-electron chi connectivity index (χ2n) is 6.03. The molecule has 0 aliphatic rings. The Morgan fingerprint density at radius 1 is 1.04 bits per heavy atom. The zero-order valence-corrected chi connectivity index (χ0v) is 15.3. The van der Waals surface area contributed by atoms with E-state index in [9.17, 15) is 9.59 Å². The topological polar surface area (TPSA) is 64.6 Å². The van der Waals surface area contributed by atoms with Crippen molar-refractivity contribution >= 4 is 17.6 Å². The first-order valence-corrected chi connectivity index (χ1v) is 8.85. The first-order valence-electron chi connectivity index (χ1n) is 8.85. The maximum Gasteiger partial charge on any atom is 0.338 e. The molecule has 0 aromatic heterocycles. The van der Waals surface area contributed by atoms with E-state index in [1.807, 2.05) is 38.1 Å². The van der Waals surface area contributed by atoms with E-state index in [0.717, 1.165) is 12.2 Å². The van der Waals surface area contributed by atoms with E-state index in [-0.39, 0.29) is 11.9 Å². The molecular formula is C21H25NO4. The normalized spacial score (nSPS) is 10.2. The van der Waals surface area contributed by atoms with Crippen molar-refractivity contribution in [3.05, 3.63) is 59.7 Å². The van der Waals surface area contributed by atoms with E-state index in [1.165, 1.54) is 5.56 Å². The van der Waals surface area contributed by atoms with Crippen LogP contribution >= 0.6 is 0 Å². The lowest BCUT2D eigenvalue weighted by atomic mass is 10.2. The predicted molar refractivity (Wildman–Crippen MR) is 102 cm³/mol. The first kappa shape index (κ1) is 19.5. The van der Waals surface area contributed by atoms with Crippen LogP contribution in [0.3, 0.4) is 0 Å². The van der Waals surface area contributed by atoms with Crippen LogP contribution in [0, 0.1) is 6.92 Å². The smallest absolute Gasteiger partial charge is 0.338 e. The Hall–Kier alpha value is -2.82. The molecule has 0 spiro atoms. The fourth-order valence-corrected chi connectivity index (χ4v) is 2.28. The van der Waals surface area contributed by atoms with Crippen LogP contribution in [0.5, 0.6) is 5.75 Å². The number of carbonyl (C=O) groups excluding carboxylic acids is 2. The van der Waals surface area contributed by atoms with Crippen molar-refractivity contribution in [1.29, 1.82) is 0 Å². The Morgan fingerprint density at radius 2 is 1.81 bits per heavy atom. The number of nitrogens with one attached hydrogen (secondary N) is 1. The zero-order valence-electron chi connectivity index (χ0n) is 15.3. The number of aryl methyl sites for hydroxylation is 1. The number of carbonyl (C=O) groups is 2. The quantitative estimate of drug-likeness (QED) is 0.536. The number of hydrogen-bond donors (Lipinski definition) is 1. The summed E-state index contributed by atoms with van der Waals surface area (Å²) in [4.78, 5) is 23.9. The van der Waals surface area contributed by atoms with Gasteiger partial charge in [0.05, 0.1) is 18.8 Å². The Morgan fingerprint density at radius 3 is 2.54 bits per heavy atom. The number of anilines is 1. The third kappa shape index (κ3) is 6.59. The van der Waals surface area contributed by atoms with Gasteiger partial charge in [0.25, 0.3) is 0 Å². The summed E-state index contributed by atoms with van der Waals surface area (Å²) in [7, 11) is 0. The lowest BCUT2D eigenvalue weighted by Gasteiger charge is -2.09. The molecule has 0 radical (unpaired) electrons. The minimum Gasteiger partial charge on any atom is -0.494 e. The Bertz CT molecular complexity index is 725. The largest absolute Gasteiger partial charge is 0.494 e. The molecule has 2 rings (SSSR count). The van der Waals surface area contributed by atoms with Gasteiger partial charge in [0.1, 0.15) is 5.75 Å². The van der Waals surface area contributed by atoms with E-state index in [2.05, 4.69) is 5.32 Å². The Labute approximate surface area is 154 Å². The summed E-state index contributed by atoms with van der Waals surface area (Å²) < 4.78 is 10.7. The van der Waals surface area contributed by atoms with Gasteiger partial charge in [-0.15, -0.1) is 0 Å². The third-order valence-corrected chi connectivity index (χ3v) is 3.66. The SMILES string of the molecule is CCCOC(=O)c1cccc(NC(=O)CCCOc2ccc(C)cc2)c1. The summed E-state index contributed by atoms with van der Waals surface area (Å²) in [5.74, 6) is 0.306. The second-order valence-corrected chi connectivity index (χ2v) is 6.03. The van der Waals surface area contributed by atoms with Crippen molar-refractivity contribution in [2.45, 2.75) is 33.1 Å². The second kappa shape index (κ2) is 10.2. The van der Waals surface area contributed by atoms with Crippen LogP contribution in [-0.2, 0) is 9.53 Å². The van der Waals surface area contributed by atoms with Gasteiger partial charge >= 0.3 is 5.97 Å². The maximum absolute atomic E-state index is 12.0. The highest BCUT2D eigenvalue weighted by Crippen LogP contribution is 2.14. The van der Waals surface area contributed by atoms with Crippen LogP contribution in [0.4, 0.5) is 5.69 Å². The third-order valence-electron chi connectivity index (χ3n) is 3.66. The monoisotopic (exact) mass is 355 g/mol. The van der Waals surface area contributed by atoms with E-state index in [1.54, 1.807) is 24.3 Å². The van der Waals surface area contributed by atoms with Crippen molar-refractivity contribution in [2.24, 2.45) is 0 Å². The number of rotatable bonds is 9. The molecule has 0 fully saturated rings. The molecule has 0 heterocycles. The van der Waals surface area contributed by atoms with Crippen LogP contribution in [0.2, 0.25) is 0 Å². The van der Waals surface area contributed by atoms with Gasteiger partial charge in [-0.2, -0.15) is 0 Å². The average Bonchev–Trinajstić information content (AvgIpc) is 2.65. The van der Waals surface area contributed by atoms with Crippen molar-refractivity contribution in [1.82, 2.24) is 0 Å². The molecule has 0 unspecified atom stereocenters. The molecule has 0 saturated carbocycles. The van der Waals surface area contributed by atoms with E-state index in [0.29, 0.717) is 37.3 Å². The maximum atomic E-state index is 12.0. The first-order chi connectivity index (χ1) is 12.6. The number of benzene rings is 2. The minimum absolute atomic E-state index is 0.114. The molecule has 0 aliphatic heterocycles. The van der Waals surface area contributed by atoms with Crippen LogP contribution < -0.4 is 10.1 Å². The van der Waals surface area contributed by atoms with Crippen LogP contribution in [0.15, 0.2) is 48.5 Å². The molecule has 0 atom stereocenters. The summed E-state index contributed by atoms with van der Waals surface area (Å²) >= 11 is 0. The van der Waals surface area contributed by atoms with Crippen molar-refractivity contribution in [3.8, 4) is 5.75 Å².